The molecule has 0 aliphatic rings. The van der Waals surface area contributed by atoms with E-state index in [4.69, 9.17) is 10.5 Å². The van der Waals surface area contributed by atoms with E-state index in [-0.39, 0.29) is 12.1 Å². The molecule has 0 aliphatic heterocycles. The van der Waals surface area contributed by atoms with Crippen molar-refractivity contribution in [2.75, 3.05) is 7.11 Å². The van der Waals surface area contributed by atoms with Gasteiger partial charge in [0.2, 0.25) is 0 Å². The molecule has 0 spiro atoms. The molecule has 0 aromatic rings. The van der Waals surface area contributed by atoms with E-state index in [1.54, 1.807) is 7.11 Å². The van der Waals surface area contributed by atoms with Crippen LogP contribution in [0.15, 0.2) is 0 Å². The van der Waals surface area contributed by atoms with Gasteiger partial charge in [-0.15, -0.1) is 0 Å². The summed E-state index contributed by atoms with van der Waals surface area (Å²) in [7, 11) is 1.77. The molecule has 0 fully saturated rings. The summed E-state index contributed by atoms with van der Waals surface area (Å²) in [4.78, 5) is 0. The van der Waals surface area contributed by atoms with E-state index in [9.17, 15) is 0 Å². The molecule has 86 valence electrons. The third-order valence-electron chi connectivity index (χ3n) is 2.81. The van der Waals surface area contributed by atoms with Crippen LogP contribution in [0.1, 0.15) is 52.9 Å². The molecular weight excluding hydrogens is 174 g/mol. The van der Waals surface area contributed by atoms with Crippen LogP contribution in [-0.2, 0) is 4.74 Å². The maximum absolute atomic E-state index is 6.12. The Bertz CT molecular complexity index is 127. The molecule has 2 nitrogen and oxygen atoms in total. The Morgan fingerprint density at radius 3 is 2.14 bits per heavy atom. The molecule has 2 N–H and O–H groups in total. The summed E-state index contributed by atoms with van der Waals surface area (Å²) in [5, 5.41) is 0. The van der Waals surface area contributed by atoms with Crippen molar-refractivity contribution in [3.63, 3.8) is 0 Å². The molecule has 3 unspecified atom stereocenters. The lowest BCUT2D eigenvalue weighted by Crippen LogP contribution is -2.37. The van der Waals surface area contributed by atoms with Gasteiger partial charge in [-0.1, -0.05) is 40.0 Å². The second kappa shape index (κ2) is 8.25. The monoisotopic (exact) mass is 201 g/mol. The lowest BCUT2D eigenvalue weighted by Gasteiger charge is -2.24. The number of rotatable bonds is 8. The fourth-order valence-electron chi connectivity index (χ4n) is 2.02. The zero-order valence-corrected chi connectivity index (χ0v) is 10.3. The molecule has 3 atom stereocenters. The van der Waals surface area contributed by atoms with Crippen LogP contribution in [0.4, 0.5) is 0 Å². The maximum atomic E-state index is 6.12. The molecule has 0 aromatic carbocycles. The fraction of sp³-hybridized carbons (Fsp3) is 1.00. The van der Waals surface area contributed by atoms with Crippen molar-refractivity contribution in [2.45, 2.75) is 65.0 Å². The highest BCUT2D eigenvalue weighted by Crippen LogP contribution is 2.16. The minimum absolute atomic E-state index is 0.210. The first-order chi connectivity index (χ1) is 6.65. The Labute approximate surface area is 89.2 Å². The van der Waals surface area contributed by atoms with Gasteiger partial charge in [0.05, 0.1) is 6.10 Å². The van der Waals surface area contributed by atoms with Crippen LogP contribution < -0.4 is 5.73 Å². The summed E-state index contributed by atoms with van der Waals surface area (Å²) in [6.07, 6.45) is 6.09. The number of ether oxygens (including phenoxy) is 1. The summed E-state index contributed by atoms with van der Waals surface area (Å²) < 4.78 is 5.41. The van der Waals surface area contributed by atoms with Crippen LogP contribution in [-0.4, -0.2) is 19.3 Å². The first kappa shape index (κ1) is 13.9. The average Bonchev–Trinajstić information content (AvgIpc) is 2.14. The quantitative estimate of drug-likeness (QED) is 0.655. The molecule has 0 rings (SSSR count). The van der Waals surface area contributed by atoms with Crippen LogP contribution in [0.5, 0.6) is 0 Å². The van der Waals surface area contributed by atoms with Crippen molar-refractivity contribution < 1.29 is 4.74 Å². The van der Waals surface area contributed by atoms with Crippen molar-refractivity contribution in [2.24, 2.45) is 11.7 Å². The van der Waals surface area contributed by atoms with E-state index in [1.807, 2.05) is 0 Å². The van der Waals surface area contributed by atoms with Gasteiger partial charge in [-0.2, -0.15) is 0 Å². The second-order valence-corrected chi connectivity index (χ2v) is 4.36. The van der Waals surface area contributed by atoms with Gasteiger partial charge in [0, 0.05) is 13.2 Å². The topological polar surface area (TPSA) is 35.2 Å². The average molecular weight is 201 g/mol. The first-order valence-electron chi connectivity index (χ1n) is 5.94. The van der Waals surface area contributed by atoms with E-state index >= 15 is 0 Å². The third-order valence-corrected chi connectivity index (χ3v) is 2.81. The van der Waals surface area contributed by atoms with Crippen molar-refractivity contribution >= 4 is 0 Å². The molecular formula is C12H27NO. The van der Waals surface area contributed by atoms with Gasteiger partial charge < -0.3 is 10.5 Å². The molecule has 0 heterocycles. The van der Waals surface area contributed by atoms with Gasteiger partial charge in [-0.05, 0) is 18.8 Å². The Morgan fingerprint density at radius 1 is 1.14 bits per heavy atom. The van der Waals surface area contributed by atoms with Crippen molar-refractivity contribution in [1.82, 2.24) is 0 Å². The molecule has 2 heteroatoms. The Morgan fingerprint density at radius 2 is 1.71 bits per heavy atom. The molecule has 0 aliphatic carbocycles. The minimum atomic E-state index is 0.210. The van der Waals surface area contributed by atoms with Crippen LogP contribution in [0, 0.1) is 5.92 Å². The van der Waals surface area contributed by atoms with Crippen molar-refractivity contribution in [3.8, 4) is 0 Å². The van der Waals surface area contributed by atoms with E-state index in [1.165, 1.54) is 12.8 Å². The number of methoxy groups -OCH3 is 1. The predicted octanol–water partition coefficient (Wildman–Crippen LogP) is 2.96. The second-order valence-electron chi connectivity index (χ2n) is 4.36. The summed E-state index contributed by atoms with van der Waals surface area (Å²) >= 11 is 0. The lowest BCUT2D eigenvalue weighted by molar-refractivity contribution is 0.0654. The van der Waals surface area contributed by atoms with E-state index in [2.05, 4.69) is 20.8 Å². The van der Waals surface area contributed by atoms with Gasteiger partial charge in [0.1, 0.15) is 0 Å². The van der Waals surface area contributed by atoms with E-state index in [0.29, 0.717) is 0 Å². The maximum Gasteiger partial charge on any atom is 0.0722 e. The standard InChI is InChI=1S/C12H27NO/c1-5-7-10(3)9-11(13)12(14-4)8-6-2/h10-12H,5-9,13H2,1-4H3. The SMILES string of the molecule is CCCC(C)CC(N)C(CCC)OC. The lowest BCUT2D eigenvalue weighted by atomic mass is 9.93. The molecule has 0 saturated heterocycles. The molecule has 14 heavy (non-hydrogen) atoms. The first-order valence-corrected chi connectivity index (χ1v) is 5.94. The van der Waals surface area contributed by atoms with E-state index < -0.39 is 0 Å². The molecule has 0 saturated carbocycles. The van der Waals surface area contributed by atoms with Crippen LogP contribution in [0.2, 0.25) is 0 Å². The third kappa shape index (κ3) is 5.61. The highest BCUT2D eigenvalue weighted by atomic mass is 16.5. The smallest absolute Gasteiger partial charge is 0.0722 e. The Kier molecular flexibility index (Phi) is 8.20. The largest absolute Gasteiger partial charge is 0.380 e. The van der Waals surface area contributed by atoms with Crippen LogP contribution in [0.3, 0.4) is 0 Å². The van der Waals surface area contributed by atoms with Gasteiger partial charge in [-0.25, -0.2) is 0 Å². The van der Waals surface area contributed by atoms with Gasteiger partial charge in [0.25, 0.3) is 0 Å². The van der Waals surface area contributed by atoms with Gasteiger partial charge in [-0.3, -0.25) is 0 Å². The van der Waals surface area contributed by atoms with Crippen LogP contribution in [0.25, 0.3) is 0 Å². The summed E-state index contributed by atoms with van der Waals surface area (Å²) in [5.41, 5.74) is 6.12. The molecule has 0 radical (unpaired) electrons. The highest BCUT2D eigenvalue weighted by Gasteiger charge is 2.18. The Hall–Kier alpha value is -0.0800. The predicted molar refractivity (Wildman–Crippen MR) is 62.4 cm³/mol. The summed E-state index contributed by atoms with van der Waals surface area (Å²) in [6, 6.07) is 0.210. The summed E-state index contributed by atoms with van der Waals surface area (Å²) in [6.45, 7) is 6.68. The summed E-state index contributed by atoms with van der Waals surface area (Å²) in [5.74, 6) is 0.726. The normalized spacial score (nSPS) is 17.8. The Balaban J connectivity index is 3.83. The minimum Gasteiger partial charge on any atom is -0.380 e. The van der Waals surface area contributed by atoms with Crippen molar-refractivity contribution in [3.05, 3.63) is 0 Å². The highest BCUT2D eigenvalue weighted by molar-refractivity contribution is 4.75. The fourth-order valence-corrected chi connectivity index (χ4v) is 2.02. The van der Waals surface area contributed by atoms with Gasteiger partial charge in [0.15, 0.2) is 0 Å². The molecule has 0 amide bonds. The molecule has 0 bridgehead atoms. The number of nitrogens with two attached hydrogens (primary N) is 1. The molecule has 0 aromatic heterocycles. The van der Waals surface area contributed by atoms with E-state index in [0.717, 1.165) is 25.2 Å². The van der Waals surface area contributed by atoms with Crippen LogP contribution >= 0.6 is 0 Å². The van der Waals surface area contributed by atoms with Crippen molar-refractivity contribution in [1.29, 1.82) is 0 Å². The number of hydrogen-bond donors (Lipinski definition) is 1. The number of hydrogen-bond acceptors (Lipinski definition) is 2. The zero-order valence-electron chi connectivity index (χ0n) is 10.3. The van der Waals surface area contributed by atoms with Gasteiger partial charge >= 0.3 is 0 Å². The zero-order chi connectivity index (χ0) is 11.0.